The van der Waals surface area contributed by atoms with Crippen LogP contribution in [0.5, 0.6) is 0 Å². The van der Waals surface area contributed by atoms with Crippen molar-refractivity contribution in [1.29, 1.82) is 0 Å². The summed E-state index contributed by atoms with van der Waals surface area (Å²) in [5.74, 6) is -1.03. The summed E-state index contributed by atoms with van der Waals surface area (Å²) < 4.78 is 5.06. The third kappa shape index (κ3) is 0.751. The molecule has 1 aliphatic heterocycles. The molecule has 0 aromatic carbocycles. The van der Waals surface area contributed by atoms with E-state index in [1.54, 1.807) is 6.08 Å². The van der Waals surface area contributed by atoms with Crippen molar-refractivity contribution in [2.45, 2.75) is 25.7 Å². The van der Waals surface area contributed by atoms with Crippen LogP contribution in [0.3, 0.4) is 0 Å². The first-order valence-corrected chi connectivity index (χ1v) is 3.61. The summed E-state index contributed by atoms with van der Waals surface area (Å²) in [6.07, 6.45) is 1.48. The van der Waals surface area contributed by atoms with E-state index in [9.17, 15) is 5.11 Å². The molecule has 0 radical (unpaired) electrons. The van der Waals surface area contributed by atoms with Crippen molar-refractivity contribution in [3.8, 4) is 0 Å². The standard InChI is InChI=1S/C8H11NO2/c1-4-3-8(10)7(11-8)5(2)6(4)9/h3,7,10H,9H2,1-2H3. The van der Waals surface area contributed by atoms with Crippen molar-refractivity contribution < 1.29 is 9.84 Å². The molecular formula is C8H11NO2. The highest BCUT2D eigenvalue weighted by Crippen LogP contribution is 2.45. The first-order valence-electron chi connectivity index (χ1n) is 3.61. The molecule has 60 valence electrons. The predicted octanol–water partition coefficient (Wildman–Crippen LogP) is 0.266. The normalized spacial score (nSPS) is 41.7. The van der Waals surface area contributed by atoms with Gasteiger partial charge in [-0.2, -0.15) is 0 Å². The van der Waals surface area contributed by atoms with E-state index in [2.05, 4.69) is 0 Å². The second-order valence-corrected chi connectivity index (χ2v) is 3.17. The van der Waals surface area contributed by atoms with E-state index < -0.39 is 5.79 Å². The van der Waals surface area contributed by atoms with Crippen molar-refractivity contribution in [2.75, 3.05) is 0 Å². The van der Waals surface area contributed by atoms with Crippen molar-refractivity contribution in [3.05, 3.63) is 22.9 Å². The van der Waals surface area contributed by atoms with Crippen LogP contribution < -0.4 is 5.73 Å². The van der Waals surface area contributed by atoms with Crippen molar-refractivity contribution in [2.24, 2.45) is 5.73 Å². The molecule has 2 atom stereocenters. The number of nitrogens with two attached hydrogens (primary N) is 1. The Morgan fingerprint density at radius 3 is 2.91 bits per heavy atom. The summed E-state index contributed by atoms with van der Waals surface area (Å²) in [6.45, 7) is 3.75. The van der Waals surface area contributed by atoms with Gasteiger partial charge in [0.1, 0.15) is 6.10 Å². The summed E-state index contributed by atoms with van der Waals surface area (Å²) >= 11 is 0. The monoisotopic (exact) mass is 153 g/mol. The molecular weight excluding hydrogens is 142 g/mol. The number of hydrogen-bond acceptors (Lipinski definition) is 3. The molecule has 2 aliphatic rings. The fourth-order valence-corrected chi connectivity index (χ4v) is 1.50. The first-order chi connectivity index (χ1) is 5.04. The van der Waals surface area contributed by atoms with Gasteiger partial charge in [-0.1, -0.05) is 0 Å². The number of ether oxygens (including phenoxy) is 1. The SMILES string of the molecule is CC1=CC2(O)OC2C(C)=C1N. The quantitative estimate of drug-likeness (QED) is 0.491. The van der Waals surface area contributed by atoms with Gasteiger partial charge in [-0.05, 0) is 31.1 Å². The summed E-state index contributed by atoms with van der Waals surface area (Å²) in [5, 5.41) is 9.52. The Kier molecular flexibility index (Phi) is 1.05. The van der Waals surface area contributed by atoms with E-state index in [-0.39, 0.29) is 6.10 Å². The molecule has 3 N–H and O–H groups in total. The topological polar surface area (TPSA) is 58.8 Å². The summed E-state index contributed by atoms with van der Waals surface area (Å²) in [4.78, 5) is 0. The number of rotatable bonds is 0. The summed E-state index contributed by atoms with van der Waals surface area (Å²) in [5.41, 5.74) is 8.30. The molecule has 0 amide bonds. The lowest BCUT2D eigenvalue weighted by Crippen LogP contribution is -2.20. The molecule has 11 heavy (non-hydrogen) atoms. The van der Waals surface area contributed by atoms with E-state index in [0.29, 0.717) is 0 Å². The molecule has 3 nitrogen and oxygen atoms in total. The number of allylic oxidation sites excluding steroid dienone is 1. The molecule has 0 aromatic rings. The molecule has 1 saturated heterocycles. The highest BCUT2D eigenvalue weighted by molar-refractivity contribution is 5.44. The summed E-state index contributed by atoms with van der Waals surface area (Å²) in [6, 6.07) is 0. The highest BCUT2D eigenvalue weighted by Gasteiger charge is 2.57. The Morgan fingerprint density at radius 2 is 2.27 bits per heavy atom. The molecule has 3 heteroatoms. The van der Waals surface area contributed by atoms with Gasteiger partial charge in [-0.3, -0.25) is 0 Å². The maximum atomic E-state index is 9.52. The number of fused-ring (bicyclic) bond motifs is 1. The van der Waals surface area contributed by atoms with Gasteiger partial charge in [-0.15, -0.1) is 0 Å². The van der Waals surface area contributed by atoms with E-state index in [0.717, 1.165) is 16.8 Å². The smallest absolute Gasteiger partial charge is 0.218 e. The lowest BCUT2D eigenvalue weighted by Gasteiger charge is -2.12. The van der Waals surface area contributed by atoms with Gasteiger partial charge in [0.05, 0.1) is 0 Å². The molecule has 2 unspecified atom stereocenters. The average molecular weight is 153 g/mol. The largest absolute Gasteiger partial charge is 0.398 e. The van der Waals surface area contributed by atoms with E-state index >= 15 is 0 Å². The van der Waals surface area contributed by atoms with Crippen LogP contribution in [0.15, 0.2) is 22.9 Å². The second kappa shape index (κ2) is 1.68. The van der Waals surface area contributed by atoms with Crippen LogP contribution in [0.4, 0.5) is 0 Å². The fraction of sp³-hybridized carbons (Fsp3) is 0.500. The highest BCUT2D eigenvalue weighted by atomic mass is 16.7. The zero-order valence-corrected chi connectivity index (χ0v) is 6.59. The molecule has 0 bridgehead atoms. The van der Waals surface area contributed by atoms with Gasteiger partial charge in [0.15, 0.2) is 0 Å². The number of aliphatic hydroxyl groups is 1. The molecule has 1 aliphatic carbocycles. The minimum absolute atomic E-state index is 0.189. The minimum atomic E-state index is -1.03. The van der Waals surface area contributed by atoms with Gasteiger partial charge >= 0.3 is 0 Å². The third-order valence-corrected chi connectivity index (χ3v) is 2.29. The maximum absolute atomic E-state index is 9.52. The van der Waals surface area contributed by atoms with Crippen molar-refractivity contribution in [3.63, 3.8) is 0 Å². The Labute approximate surface area is 65.2 Å². The van der Waals surface area contributed by atoms with E-state index in [1.165, 1.54) is 0 Å². The lowest BCUT2D eigenvalue weighted by atomic mass is 9.96. The van der Waals surface area contributed by atoms with Crippen LogP contribution in [0.2, 0.25) is 0 Å². The third-order valence-electron chi connectivity index (χ3n) is 2.29. The molecule has 2 rings (SSSR count). The van der Waals surface area contributed by atoms with Gasteiger partial charge in [0.2, 0.25) is 5.79 Å². The predicted molar refractivity (Wildman–Crippen MR) is 40.5 cm³/mol. The molecule has 0 aromatic heterocycles. The second-order valence-electron chi connectivity index (χ2n) is 3.17. The number of hydrogen-bond donors (Lipinski definition) is 2. The zero-order valence-electron chi connectivity index (χ0n) is 6.59. The van der Waals surface area contributed by atoms with Crippen molar-refractivity contribution in [1.82, 2.24) is 0 Å². The Bertz CT molecular complexity index is 280. The van der Waals surface area contributed by atoms with Gasteiger partial charge in [-0.25, -0.2) is 0 Å². The molecule has 0 saturated carbocycles. The number of epoxide rings is 1. The van der Waals surface area contributed by atoms with Crippen LogP contribution in [0.25, 0.3) is 0 Å². The fourth-order valence-electron chi connectivity index (χ4n) is 1.50. The first kappa shape index (κ1) is 6.88. The van der Waals surface area contributed by atoms with Crippen molar-refractivity contribution >= 4 is 0 Å². The van der Waals surface area contributed by atoms with E-state index in [4.69, 9.17) is 10.5 Å². The Balaban J connectivity index is 2.45. The maximum Gasteiger partial charge on any atom is 0.218 e. The van der Waals surface area contributed by atoms with Crippen LogP contribution in [0.1, 0.15) is 13.8 Å². The van der Waals surface area contributed by atoms with Gasteiger partial charge < -0.3 is 15.6 Å². The molecule has 1 heterocycles. The minimum Gasteiger partial charge on any atom is -0.398 e. The van der Waals surface area contributed by atoms with Gasteiger partial charge in [0.25, 0.3) is 0 Å². The molecule has 0 spiro atoms. The summed E-state index contributed by atoms with van der Waals surface area (Å²) in [7, 11) is 0. The van der Waals surface area contributed by atoms with E-state index in [1.807, 2.05) is 13.8 Å². The van der Waals surface area contributed by atoms with Crippen LogP contribution in [-0.4, -0.2) is 17.0 Å². The van der Waals surface area contributed by atoms with Gasteiger partial charge in [0, 0.05) is 5.70 Å². The van der Waals surface area contributed by atoms with Crippen LogP contribution in [0, 0.1) is 0 Å². The Hall–Kier alpha value is -0.800. The molecule has 1 fully saturated rings. The van der Waals surface area contributed by atoms with Crippen LogP contribution in [-0.2, 0) is 4.74 Å². The zero-order chi connectivity index (χ0) is 8.22. The average Bonchev–Trinajstić information content (AvgIpc) is 2.57. The Morgan fingerprint density at radius 1 is 1.64 bits per heavy atom. The van der Waals surface area contributed by atoms with Crippen LogP contribution >= 0.6 is 0 Å². The lowest BCUT2D eigenvalue weighted by molar-refractivity contribution is 0.0819.